The third-order valence-electron chi connectivity index (χ3n) is 4.06. The molecule has 0 heterocycles. The van der Waals surface area contributed by atoms with Gasteiger partial charge in [-0.15, -0.1) is 0 Å². The fourth-order valence-electron chi connectivity index (χ4n) is 2.75. The van der Waals surface area contributed by atoms with E-state index in [-0.39, 0.29) is 12.2 Å². The summed E-state index contributed by atoms with van der Waals surface area (Å²) in [6.07, 6.45) is 3.71. The Kier molecular flexibility index (Phi) is 4.60. The number of hydrogen-bond acceptors (Lipinski definition) is 2. The minimum atomic E-state index is -0.928. The summed E-state index contributed by atoms with van der Waals surface area (Å²) in [6, 6.07) is 8.97. The summed E-state index contributed by atoms with van der Waals surface area (Å²) in [7, 11) is 0. The minimum absolute atomic E-state index is 0.130. The van der Waals surface area contributed by atoms with Gasteiger partial charge in [0.2, 0.25) is 0 Å². The molecule has 2 aromatic carbocycles. The summed E-state index contributed by atoms with van der Waals surface area (Å²) in [4.78, 5) is 11.2. The first-order valence-corrected chi connectivity index (χ1v) is 7.67. The maximum Gasteiger partial charge on any atom is 0.331 e. The van der Waals surface area contributed by atoms with Gasteiger partial charge in [0.15, 0.2) is 0 Å². The lowest BCUT2D eigenvalue weighted by Gasteiger charge is -2.10. The van der Waals surface area contributed by atoms with Crippen molar-refractivity contribution < 1.29 is 23.4 Å². The van der Waals surface area contributed by atoms with E-state index in [1.54, 1.807) is 18.2 Å². The third-order valence-corrected chi connectivity index (χ3v) is 4.06. The Hall–Kier alpha value is -2.69. The Morgan fingerprint density at radius 1 is 1.12 bits per heavy atom. The van der Waals surface area contributed by atoms with Crippen LogP contribution in [-0.2, 0) is 17.8 Å². The molecule has 3 rings (SSSR count). The zero-order valence-electron chi connectivity index (χ0n) is 12.9. The van der Waals surface area contributed by atoms with Gasteiger partial charge in [0, 0.05) is 5.57 Å². The van der Waals surface area contributed by atoms with E-state index in [4.69, 9.17) is 4.74 Å². The van der Waals surface area contributed by atoms with Crippen LogP contribution in [0.2, 0.25) is 0 Å². The number of ether oxygens (including phenoxy) is 1. The molecular weight excluding hydrogens is 314 g/mol. The van der Waals surface area contributed by atoms with Gasteiger partial charge >= 0.3 is 5.97 Å². The lowest BCUT2D eigenvalue weighted by atomic mass is 10.0. The molecule has 0 aliphatic heterocycles. The van der Waals surface area contributed by atoms with E-state index >= 15 is 0 Å². The van der Waals surface area contributed by atoms with Crippen molar-refractivity contribution in [2.75, 3.05) is 0 Å². The van der Waals surface area contributed by atoms with Gasteiger partial charge in [0.05, 0.1) is 5.56 Å². The summed E-state index contributed by atoms with van der Waals surface area (Å²) < 4.78 is 32.8. The highest BCUT2D eigenvalue weighted by Crippen LogP contribution is 2.27. The number of rotatable bonds is 4. The van der Waals surface area contributed by atoms with Crippen LogP contribution in [0.5, 0.6) is 5.75 Å². The summed E-state index contributed by atoms with van der Waals surface area (Å²) >= 11 is 0. The molecule has 124 valence electrons. The Labute approximate surface area is 138 Å². The zero-order valence-corrected chi connectivity index (χ0v) is 12.9. The quantitative estimate of drug-likeness (QED) is 0.907. The Balaban J connectivity index is 1.83. The van der Waals surface area contributed by atoms with E-state index < -0.39 is 17.6 Å². The highest BCUT2D eigenvalue weighted by atomic mass is 19.1. The number of hydrogen-bond donors (Lipinski definition) is 1. The number of aliphatic carboxylic acids is 1. The molecule has 0 radical (unpaired) electrons. The van der Waals surface area contributed by atoms with Gasteiger partial charge in [0.1, 0.15) is 24.0 Å². The highest BCUT2D eigenvalue weighted by molar-refractivity contribution is 5.92. The first kappa shape index (κ1) is 16.2. The van der Waals surface area contributed by atoms with Crippen molar-refractivity contribution in [1.82, 2.24) is 0 Å². The lowest BCUT2D eigenvalue weighted by molar-refractivity contribution is -0.132. The molecule has 0 saturated heterocycles. The summed E-state index contributed by atoms with van der Waals surface area (Å²) in [5, 5.41) is 9.19. The molecule has 0 unspecified atom stereocenters. The number of benzene rings is 2. The third kappa shape index (κ3) is 3.45. The average molecular weight is 330 g/mol. The van der Waals surface area contributed by atoms with Gasteiger partial charge in [-0.1, -0.05) is 12.1 Å². The maximum atomic E-state index is 13.6. The molecule has 0 aromatic heterocycles. The highest BCUT2D eigenvalue weighted by Gasteiger charge is 2.15. The number of aryl methyl sites for hydroxylation is 1. The number of carboxylic acids is 1. The van der Waals surface area contributed by atoms with Crippen LogP contribution >= 0.6 is 0 Å². The molecule has 0 atom stereocenters. The van der Waals surface area contributed by atoms with Crippen LogP contribution < -0.4 is 4.74 Å². The molecule has 1 aliphatic carbocycles. The Morgan fingerprint density at radius 3 is 2.58 bits per heavy atom. The molecule has 1 aliphatic rings. The smallest absolute Gasteiger partial charge is 0.331 e. The van der Waals surface area contributed by atoms with Crippen molar-refractivity contribution in [3.8, 4) is 5.75 Å². The molecule has 3 nitrogen and oxygen atoms in total. The predicted molar refractivity (Wildman–Crippen MR) is 85.7 cm³/mol. The van der Waals surface area contributed by atoms with Crippen LogP contribution in [0, 0.1) is 11.6 Å². The first-order valence-electron chi connectivity index (χ1n) is 7.67. The Bertz CT molecular complexity index is 792. The van der Waals surface area contributed by atoms with E-state index in [2.05, 4.69) is 0 Å². The van der Waals surface area contributed by atoms with Crippen molar-refractivity contribution in [1.29, 1.82) is 0 Å². The van der Waals surface area contributed by atoms with E-state index in [0.29, 0.717) is 17.7 Å². The summed E-state index contributed by atoms with van der Waals surface area (Å²) in [5.41, 5.74) is 2.03. The molecular formula is C19H16F2O3. The average Bonchev–Trinajstić information content (AvgIpc) is 2.76. The van der Waals surface area contributed by atoms with Gasteiger partial charge in [-0.3, -0.25) is 0 Å². The van der Waals surface area contributed by atoms with Crippen molar-refractivity contribution in [3.63, 3.8) is 0 Å². The molecule has 0 saturated carbocycles. The zero-order chi connectivity index (χ0) is 17.1. The van der Waals surface area contributed by atoms with Crippen LogP contribution in [0.25, 0.3) is 6.08 Å². The molecule has 0 bridgehead atoms. The standard InChI is InChI=1S/C19H16F2O3/c20-17-5-2-6-18(21)16(17)11-24-15-8-7-12-3-1-4-13(19(22)23)9-14(12)10-15/h2,5-10H,1,3-4,11H2,(H,22,23). The fourth-order valence-corrected chi connectivity index (χ4v) is 2.75. The molecule has 24 heavy (non-hydrogen) atoms. The maximum absolute atomic E-state index is 13.6. The predicted octanol–water partition coefficient (Wildman–Crippen LogP) is 4.35. The van der Waals surface area contributed by atoms with Crippen LogP contribution in [0.1, 0.15) is 29.5 Å². The molecule has 0 amide bonds. The van der Waals surface area contributed by atoms with Crippen LogP contribution in [0.3, 0.4) is 0 Å². The number of fused-ring (bicyclic) bond motifs is 1. The van der Waals surface area contributed by atoms with Gasteiger partial charge in [-0.25, -0.2) is 13.6 Å². The van der Waals surface area contributed by atoms with Gasteiger partial charge in [0.25, 0.3) is 0 Å². The molecule has 2 aromatic rings. The van der Waals surface area contributed by atoms with E-state index in [1.165, 1.54) is 18.2 Å². The van der Waals surface area contributed by atoms with Crippen LogP contribution in [0.15, 0.2) is 42.0 Å². The first-order chi connectivity index (χ1) is 11.5. The molecule has 0 fully saturated rings. The number of carbonyl (C=O) groups is 1. The van der Waals surface area contributed by atoms with E-state index in [0.717, 1.165) is 24.0 Å². The number of carboxylic acid groups (broad SMARTS) is 1. The van der Waals surface area contributed by atoms with Gasteiger partial charge < -0.3 is 9.84 Å². The monoisotopic (exact) mass is 330 g/mol. The van der Waals surface area contributed by atoms with Gasteiger partial charge in [-0.2, -0.15) is 0 Å². The molecule has 0 spiro atoms. The van der Waals surface area contributed by atoms with E-state index in [9.17, 15) is 18.7 Å². The van der Waals surface area contributed by atoms with E-state index in [1.807, 2.05) is 6.07 Å². The molecule has 5 heteroatoms. The summed E-state index contributed by atoms with van der Waals surface area (Å²) in [6.45, 7) is -0.229. The normalized spacial score (nSPS) is 13.7. The fraction of sp³-hybridized carbons (Fsp3) is 0.211. The molecule has 1 N–H and O–H groups in total. The topological polar surface area (TPSA) is 46.5 Å². The largest absolute Gasteiger partial charge is 0.489 e. The lowest BCUT2D eigenvalue weighted by Crippen LogP contribution is -2.02. The van der Waals surface area contributed by atoms with Gasteiger partial charge in [-0.05, 0) is 60.7 Å². The SMILES string of the molecule is O=C(O)C1=Cc2cc(OCc3c(F)cccc3F)ccc2CCC1. The van der Waals surface area contributed by atoms with Crippen LogP contribution in [0.4, 0.5) is 8.78 Å². The van der Waals surface area contributed by atoms with Crippen molar-refractivity contribution >= 4 is 12.0 Å². The summed E-state index contributed by atoms with van der Waals surface area (Å²) in [5.74, 6) is -1.79. The Morgan fingerprint density at radius 2 is 1.88 bits per heavy atom. The minimum Gasteiger partial charge on any atom is -0.489 e. The van der Waals surface area contributed by atoms with Crippen LogP contribution in [-0.4, -0.2) is 11.1 Å². The van der Waals surface area contributed by atoms with Crippen molar-refractivity contribution in [2.45, 2.75) is 25.9 Å². The second-order valence-electron chi connectivity index (χ2n) is 5.68. The van der Waals surface area contributed by atoms with Crippen molar-refractivity contribution in [3.05, 3.63) is 70.3 Å². The second kappa shape index (κ2) is 6.83. The number of halogens is 2. The second-order valence-corrected chi connectivity index (χ2v) is 5.68. The van der Waals surface area contributed by atoms with Crippen molar-refractivity contribution in [2.24, 2.45) is 0 Å².